The monoisotopic (exact) mass is 298 g/mol. The Labute approximate surface area is 98.5 Å². The zero-order chi connectivity index (χ0) is 0. The van der Waals surface area contributed by atoms with Crippen LogP contribution in [-0.4, -0.2) is 25.8 Å². The van der Waals surface area contributed by atoms with E-state index in [2.05, 4.69) is 0 Å². The van der Waals surface area contributed by atoms with Gasteiger partial charge in [0.25, 0.3) is 0 Å². The van der Waals surface area contributed by atoms with Crippen LogP contribution in [0.25, 0.3) is 0 Å². The van der Waals surface area contributed by atoms with E-state index in [0.717, 1.165) is 0 Å². The Hall–Kier alpha value is 2.97. The molecule has 0 spiro atoms. The average Bonchev–Trinajstić information content (AvgIpc) is 0. The van der Waals surface area contributed by atoms with Gasteiger partial charge in [0.1, 0.15) is 0 Å². The second kappa shape index (κ2) is 28.1. The molecule has 30 valence electrons. The maximum Gasteiger partial charge on any atom is 0.187 e. The maximum atomic E-state index is 0. The van der Waals surface area contributed by atoms with Crippen molar-refractivity contribution in [2.45, 2.75) is 0 Å². The minimum atomic E-state index is 0. The van der Waals surface area contributed by atoms with Crippen molar-refractivity contribution in [1.29, 1.82) is 0 Å². The molecule has 0 aromatic carbocycles. The van der Waals surface area contributed by atoms with Gasteiger partial charge in [0, 0.05) is 83.1 Å². The summed E-state index contributed by atoms with van der Waals surface area (Å²) in [7, 11) is 0. The zero-order valence-corrected chi connectivity index (χ0v) is 7.12. The minimum Gasteiger partial charge on any atom is 0 e. The van der Waals surface area contributed by atoms with Gasteiger partial charge < -0.3 is 0 Å². The van der Waals surface area contributed by atoms with Crippen LogP contribution in [0, 0.1) is 40.8 Å². The molecule has 0 aromatic rings. The summed E-state index contributed by atoms with van der Waals surface area (Å²) >= 11 is 0. The van der Waals surface area contributed by atoms with Crippen molar-refractivity contribution in [3.05, 3.63) is 0 Å². The number of hydrogen-bond acceptors (Lipinski definition) is 0. The van der Waals surface area contributed by atoms with Crippen LogP contribution in [0.2, 0.25) is 0 Å². The Bertz CT molecular complexity index is 11.6. The third kappa shape index (κ3) is 19.5. The van der Waals surface area contributed by atoms with Crippen LogP contribution in [0.1, 0.15) is 0 Å². The van der Waals surface area contributed by atoms with Gasteiger partial charge in [-0.05, 0) is 0 Å². The second-order valence-corrected chi connectivity index (χ2v) is 0. The molecule has 0 saturated heterocycles. The first-order chi connectivity index (χ1) is 0. The summed E-state index contributed by atoms with van der Waals surface area (Å²) in [6, 6.07) is 0. The summed E-state index contributed by atoms with van der Waals surface area (Å²) in [5.41, 5.74) is 0. The van der Waals surface area contributed by atoms with Crippen LogP contribution in [0.15, 0.2) is 0 Å². The fourth-order valence-corrected chi connectivity index (χ4v) is 0. The van der Waals surface area contributed by atoms with E-state index in [9.17, 15) is 0 Å². The quantitative estimate of drug-likeness (QED) is 0.474. The topological polar surface area (TPSA) is 0 Å². The van der Waals surface area contributed by atoms with Crippen molar-refractivity contribution in [1.82, 2.24) is 0 Å². The molecule has 0 aliphatic carbocycles. The summed E-state index contributed by atoms with van der Waals surface area (Å²) in [4.78, 5) is 0. The van der Waals surface area contributed by atoms with Crippen LogP contribution in [0.4, 0.5) is 0 Å². The van der Waals surface area contributed by atoms with Gasteiger partial charge in [-0.2, -0.15) is 0 Å². The number of hydrogen-bond donors (Lipinski definition) is 0. The first-order valence-electron chi connectivity index (χ1n) is 0. The Morgan fingerprint density at radius 3 is 1.00 bits per heavy atom. The Morgan fingerprint density at radius 2 is 1.00 bits per heavy atom. The molecule has 0 amide bonds. The van der Waals surface area contributed by atoms with E-state index >= 15 is 0 Å². The van der Waals surface area contributed by atoms with E-state index in [1.807, 2.05) is 0 Å². The van der Waals surface area contributed by atoms with Gasteiger partial charge in [0.15, 0.2) is 17.4 Å². The fraction of sp³-hybridized carbons (Fsp3) is 0. The third-order valence-corrected chi connectivity index (χ3v) is 0. The SMILES string of the molecule is [AlH3].[B].[Co].[Fe].[Nd]. The summed E-state index contributed by atoms with van der Waals surface area (Å²) in [5.74, 6) is 0. The van der Waals surface area contributed by atoms with Crippen molar-refractivity contribution < 1.29 is 74.7 Å². The molecule has 0 atom stereocenters. The predicted octanol–water partition coefficient (Wildman–Crippen LogP) is -1.57. The Kier molecular flexibility index (Phi) is 247. The smallest absolute Gasteiger partial charge is 0 e. The van der Waals surface area contributed by atoms with E-state index in [1.54, 1.807) is 0 Å². The molecule has 0 saturated carbocycles. The molecule has 0 heterocycles. The molecular weight excluding hydrogens is 297 g/mol. The van der Waals surface area contributed by atoms with Crippen LogP contribution in [-0.2, 0) is 33.8 Å². The molecule has 0 aliphatic rings. The first kappa shape index (κ1) is 43.8. The van der Waals surface area contributed by atoms with Crippen molar-refractivity contribution in [3.8, 4) is 0 Å². The van der Waals surface area contributed by atoms with Crippen molar-refractivity contribution in [2.75, 3.05) is 0 Å². The molecule has 0 aliphatic heterocycles. The van der Waals surface area contributed by atoms with E-state index in [4.69, 9.17) is 0 Å². The van der Waals surface area contributed by atoms with Crippen molar-refractivity contribution >= 4 is 25.8 Å². The Balaban J connectivity index is 0. The molecule has 4 radical (unpaired) electrons. The van der Waals surface area contributed by atoms with Crippen molar-refractivity contribution in [2.24, 2.45) is 0 Å². The number of rotatable bonds is 0. The maximum absolute atomic E-state index is 0. The molecule has 0 unspecified atom stereocenters. The van der Waals surface area contributed by atoms with Gasteiger partial charge in [-0.15, -0.1) is 0 Å². The van der Waals surface area contributed by atoms with Crippen LogP contribution in [0.3, 0.4) is 0 Å². The fourth-order valence-electron chi connectivity index (χ4n) is 0. The van der Waals surface area contributed by atoms with Gasteiger partial charge in [0.2, 0.25) is 0 Å². The molecule has 0 bridgehead atoms. The van der Waals surface area contributed by atoms with Gasteiger partial charge in [-0.25, -0.2) is 0 Å². The second-order valence-electron chi connectivity index (χ2n) is 0. The van der Waals surface area contributed by atoms with Gasteiger partial charge >= 0.3 is 0 Å². The summed E-state index contributed by atoms with van der Waals surface area (Å²) < 4.78 is 0. The predicted molar refractivity (Wildman–Crippen MR) is 15.7 cm³/mol. The summed E-state index contributed by atoms with van der Waals surface area (Å²) in [6.45, 7) is 0. The Morgan fingerprint density at radius 1 is 1.00 bits per heavy atom. The molecule has 5 heavy (non-hydrogen) atoms. The van der Waals surface area contributed by atoms with Crippen LogP contribution >= 0.6 is 0 Å². The summed E-state index contributed by atoms with van der Waals surface area (Å²) in [5, 5.41) is 0. The van der Waals surface area contributed by atoms with Gasteiger partial charge in [-0.1, -0.05) is 0 Å². The largest absolute Gasteiger partial charge is 0.187 e. The van der Waals surface area contributed by atoms with Crippen LogP contribution in [0.5, 0.6) is 0 Å². The van der Waals surface area contributed by atoms with Crippen molar-refractivity contribution in [3.63, 3.8) is 0 Å². The summed E-state index contributed by atoms with van der Waals surface area (Å²) in [6.07, 6.45) is 0. The molecule has 0 aromatic heterocycles. The molecule has 0 nitrogen and oxygen atoms in total. The van der Waals surface area contributed by atoms with Gasteiger partial charge in [0.05, 0.1) is 0 Å². The van der Waals surface area contributed by atoms with E-state index in [0.29, 0.717) is 0 Å². The van der Waals surface area contributed by atoms with Crippen LogP contribution < -0.4 is 0 Å². The standard InChI is InChI=1S/Al.B.Co.Fe.Nd.3H. The normalized spacial score (nSPS) is 0. The van der Waals surface area contributed by atoms with E-state index < -0.39 is 0 Å². The molecule has 0 N–H and O–H groups in total. The van der Waals surface area contributed by atoms with E-state index in [-0.39, 0.29) is 100 Å². The average molecular weight is 300 g/mol. The zero-order valence-electron chi connectivity index (χ0n) is 1.76. The third-order valence-electron chi connectivity index (χ3n) is 0. The molecule has 0 fully saturated rings. The molecular formula is H3AlBCoFeNd. The molecule has 0 rings (SSSR count). The van der Waals surface area contributed by atoms with E-state index in [1.165, 1.54) is 0 Å². The first-order valence-corrected chi connectivity index (χ1v) is 0. The van der Waals surface area contributed by atoms with Gasteiger partial charge in [-0.3, -0.25) is 0 Å². The minimum absolute atomic E-state index is 0. The molecule has 5 heteroatoms.